The highest BCUT2D eigenvalue weighted by Gasteiger charge is 2.55. The number of primary amides is 1. The van der Waals surface area contributed by atoms with E-state index in [9.17, 15) is 27.2 Å². The number of alkyl halides is 4. The Morgan fingerprint density at radius 2 is 1.32 bits per heavy atom. The summed E-state index contributed by atoms with van der Waals surface area (Å²) >= 11 is 0. The molecule has 0 atom stereocenters. The Balaban J connectivity index is 2.52. The number of likely N-dealkylation sites (tertiary alicyclic amines) is 1. The van der Waals surface area contributed by atoms with Gasteiger partial charge in [0.25, 0.3) is 0 Å². The number of hydrogen-bond acceptors (Lipinski definition) is 2. The number of nitrogens with zero attached hydrogens (tertiary/aromatic N) is 1. The summed E-state index contributed by atoms with van der Waals surface area (Å²) in [4.78, 5) is 23.8. The second-order valence-corrected chi connectivity index (χ2v) is 5.67. The fourth-order valence-corrected chi connectivity index (χ4v) is 2.39. The molecule has 0 aromatic carbocycles. The third kappa shape index (κ3) is 5.46. The predicted molar refractivity (Wildman–Crippen MR) is 72.6 cm³/mol. The molecule has 0 spiro atoms. The molecule has 22 heavy (non-hydrogen) atoms. The topological polar surface area (TPSA) is 63.4 Å². The molecule has 0 unspecified atom stereocenters. The normalized spacial score (nSPS) is 17.2. The van der Waals surface area contributed by atoms with Crippen molar-refractivity contribution in [1.82, 2.24) is 4.90 Å². The second-order valence-electron chi connectivity index (χ2n) is 5.67. The van der Waals surface area contributed by atoms with Crippen molar-refractivity contribution in [3.05, 3.63) is 0 Å². The van der Waals surface area contributed by atoms with Crippen molar-refractivity contribution in [1.29, 1.82) is 0 Å². The maximum Gasteiger partial charge on any atom is 0.310 e. The van der Waals surface area contributed by atoms with Gasteiger partial charge in [0.05, 0.1) is 0 Å². The summed E-state index contributed by atoms with van der Waals surface area (Å²) in [5.41, 5.74) is 4.70. The number of carbonyl (C=O) groups is 2. The number of nitrogens with two attached hydrogens (primary N) is 1. The molecule has 0 aliphatic carbocycles. The molecule has 1 aliphatic heterocycles. The van der Waals surface area contributed by atoms with Gasteiger partial charge in [0.1, 0.15) is 0 Å². The zero-order valence-corrected chi connectivity index (χ0v) is 12.4. The van der Waals surface area contributed by atoms with Crippen molar-refractivity contribution >= 4 is 11.8 Å². The van der Waals surface area contributed by atoms with Gasteiger partial charge < -0.3 is 10.6 Å². The zero-order valence-electron chi connectivity index (χ0n) is 12.4. The van der Waals surface area contributed by atoms with Gasteiger partial charge in [-0.25, -0.2) is 0 Å². The molecule has 0 radical (unpaired) electrons. The Bertz CT molecular complexity index is 394. The summed E-state index contributed by atoms with van der Waals surface area (Å²) in [6, 6.07) is 0. The number of hydrogen-bond donors (Lipinski definition) is 1. The standard InChI is InChI=1S/C14H22F4N2O2/c15-13(16,7-5-11(19)21)14(17,18)8-6-12(22)20-9-3-1-2-4-10-20/h1-10H2,(H2,19,21). The largest absolute Gasteiger partial charge is 0.370 e. The molecular weight excluding hydrogens is 304 g/mol. The van der Waals surface area contributed by atoms with E-state index in [4.69, 9.17) is 5.73 Å². The number of rotatable bonds is 7. The van der Waals surface area contributed by atoms with Gasteiger partial charge in [0.2, 0.25) is 11.8 Å². The SMILES string of the molecule is NC(=O)CCC(F)(F)C(F)(F)CCC(=O)N1CCCCCC1. The van der Waals surface area contributed by atoms with Crippen LogP contribution in [-0.4, -0.2) is 41.6 Å². The Morgan fingerprint density at radius 3 is 1.77 bits per heavy atom. The van der Waals surface area contributed by atoms with Crippen molar-refractivity contribution in [2.75, 3.05) is 13.1 Å². The Labute approximate surface area is 127 Å². The van der Waals surface area contributed by atoms with E-state index in [-0.39, 0.29) is 0 Å². The fourth-order valence-electron chi connectivity index (χ4n) is 2.39. The highest BCUT2D eigenvalue weighted by molar-refractivity contribution is 5.76. The van der Waals surface area contributed by atoms with Crippen molar-refractivity contribution in [2.24, 2.45) is 5.73 Å². The minimum atomic E-state index is -4.35. The van der Waals surface area contributed by atoms with Gasteiger partial charge >= 0.3 is 11.8 Å². The third-order valence-electron chi connectivity index (χ3n) is 3.83. The van der Waals surface area contributed by atoms with Crippen LogP contribution in [0.2, 0.25) is 0 Å². The molecule has 1 fully saturated rings. The van der Waals surface area contributed by atoms with E-state index in [1.165, 1.54) is 4.90 Å². The van der Waals surface area contributed by atoms with Crippen molar-refractivity contribution in [3.63, 3.8) is 0 Å². The highest BCUT2D eigenvalue weighted by atomic mass is 19.3. The lowest BCUT2D eigenvalue weighted by molar-refractivity contribution is -0.216. The lowest BCUT2D eigenvalue weighted by Crippen LogP contribution is -2.42. The first kappa shape index (κ1) is 18.7. The van der Waals surface area contributed by atoms with E-state index in [0.717, 1.165) is 25.7 Å². The van der Waals surface area contributed by atoms with Gasteiger partial charge in [-0.2, -0.15) is 17.6 Å². The highest BCUT2D eigenvalue weighted by Crippen LogP contribution is 2.41. The summed E-state index contributed by atoms with van der Waals surface area (Å²) in [5, 5.41) is 0. The smallest absolute Gasteiger partial charge is 0.310 e. The van der Waals surface area contributed by atoms with Gasteiger partial charge in [0.15, 0.2) is 0 Å². The van der Waals surface area contributed by atoms with Crippen molar-refractivity contribution in [2.45, 2.75) is 63.2 Å². The van der Waals surface area contributed by atoms with Gasteiger partial charge in [-0.1, -0.05) is 12.8 Å². The van der Waals surface area contributed by atoms with Crippen molar-refractivity contribution in [3.8, 4) is 0 Å². The molecule has 1 aliphatic rings. The summed E-state index contributed by atoms with van der Waals surface area (Å²) in [6.45, 7) is 0.977. The lowest BCUT2D eigenvalue weighted by Gasteiger charge is -2.27. The summed E-state index contributed by atoms with van der Waals surface area (Å²) in [5.74, 6) is -10.3. The van der Waals surface area contributed by atoms with Crippen LogP contribution in [0.5, 0.6) is 0 Å². The minimum Gasteiger partial charge on any atom is -0.370 e. The molecule has 1 rings (SSSR count). The summed E-state index contributed by atoms with van der Waals surface area (Å²) in [7, 11) is 0. The fraction of sp³-hybridized carbons (Fsp3) is 0.857. The van der Waals surface area contributed by atoms with Gasteiger partial charge in [-0.05, 0) is 12.8 Å². The van der Waals surface area contributed by atoms with E-state index in [1.807, 2.05) is 0 Å². The van der Waals surface area contributed by atoms with Gasteiger partial charge in [-0.15, -0.1) is 0 Å². The first-order valence-electron chi connectivity index (χ1n) is 7.47. The van der Waals surface area contributed by atoms with E-state index in [1.54, 1.807) is 0 Å². The molecule has 8 heteroatoms. The van der Waals surface area contributed by atoms with Gasteiger partial charge in [0, 0.05) is 38.8 Å². The Kier molecular flexibility index (Phi) is 6.62. The Morgan fingerprint density at radius 1 is 0.864 bits per heavy atom. The van der Waals surface area contributed by atoms with Crippen LogP contribution in [0.3, 0.4) is 0 Å². The first-order chi connectivity index (χ1) is 10.2. The van der Waals surface area contributed by atoms with Crippen LogP contribution in [0.25, 0.3) is 0 Å². The maximum atomic E-state index is 13.6. The monoisotopic (exact) mass is 326 g/mol. The molecule has 128 valence electrons. The van der Waals surface area contributed by atoms with Crippen molar-refractivity contribution < 1.29 is 27.2 Å². The van der Waals surface area contributed by atoms with Crippen LogP contribution in [0.4, 0.5) is 17.6 Å². The number of amides is 2. The molecule has 2 amide bonds. The molecule has 2 N–H and O–H groups in total. The van der Waals surface area contributed by atoms with Crippen LogP contribution < -0.4 is 5.73 Å². The average molecular weight is 326 g/mol. The van der Waals surface area contributed by atoms with Crippen LogP contribution in [0.1, 0.15) is 51.4 Å². The molecule has 0 aromatic rings. The molecule has 1 heterocycles. The van der Waals surface area contributed by atoms with E-state index < -0.39 is 49.3 Å². The molecular formula is C14H22F4N2O2. The van der Waals surface area contributed by atoms with Gasteiger partial charge in [-0.3, -0.25) is 9.59 Å². The van der Waals surface area contributed by atoms with E-state index in [0.29, 0.717) is 13.1 Å². The maximum absolute atomic E-state index is 13.6. The van der Waals surface area contributed by atoms with Crippen LogP contribution in [0, 0.1) is 0 Å². The predicted octanol–water partition coefficient (Wildman–Crippen LogP) is 2.71. The Hall–Kier alpha value is -1.34. The molecule has 1 saturated heterocycles. The zero-order chi connectivity index (χ0) is 16.8. The summed E-state index contributed by atoms with van der Waals surface area (Å²) in [6.07, 6.45) is -0.423. The molecule has 0 bridgehead atoms. The lowest BCUT2D eigenvalue weighted by atomic mass is 10.0. The third-order valence-corrected chi connectivity index (χ3v) is 3.83. The van der Waals surface area contributed by atoms with Crippen LogP contribution in [0.15, 0.2) is 0 Å². The molecule has 4 nitrogen and oxygen atoms in total. The quantitative estimate of drug-likeness (QED) is 0.731. The molecule has 0 saturated carbocycles. The van der Waals surface area contributed by atoms with Crippen LogP contribution >= 0.6 is 0 Å². The van der Waals surface area contributed by atoms with Crippen LogP contribution in [-0.2, 0) is 9.59 Å². The number of carbonyl (C=O) groups excluding carboxylic acids is 2. The molecule has 0 aromatic heterocycles. The average Bonchev–Trinajstić information content (AvgIpc) is 2.71. The summed E-state index contributed by atoms with van der Waals surface area (Å²) < 4.78 is 54.0. The first-order valence-corrected chi connectivity index (χ1v) is 7.47. The number of halogens is 4. The van der Waals surface area contributed by atoms with E-state index >= 15 is 0 Å². The second kappa shape index (κ2) is 7.78. The minimum absolute atomic E-state index is 0.489. The van der Waals surface area contributed by atoms with E-state index in [2.05, 4.69) is 0 Å².